The Hall–Kier alpha value is -1.88. The Balaban J connectivity index is 2.64. The topological polar surface area (TPSA) is 71.4 Å². The number of aliphatic hydroxyl groups is 1. The Morgan fingerprint density at radius 1 is 1.27 bits per heavy atom. The number of carbonyl (C=O) groups is 3. The van der Waals surface area contributed by atoms with E-state index in [1.165, 1.54) is 39.0 Å². The zero-order chi connectivity index (χ0) is 16.7. The summed E-state index contributed by atoms with van der Waals surface area (Å²) in [5, 5.41) is 10.5. The fourth-order valence-electron chi connectivity index (χ4n) is 3.62. The molecule has 1 aromatic carbocycles. The zero-order valence-electron chi connectivity index (χ0n) is 12.8. The average Bonchev–Trinajstić information content (AvgIpc) is 2.35. The molecule has 0 aromatic heterocycles. The lowest BCUT2D eigenvalue weighted by Crippen LogP contribution is -2.53. The van der Waals surface area contributed by atoms with Crippen LogP contribution < -0.4 is 0 Å². The number of benzene rings is 1. The first-order valence-electron chi connectivity index (χ1n) is 7.16. The Kier molecular flexibility index (Phi) is 4.29. The summed E-state index contributed by atoms with van der Waals surface area (Å²) >= 11 is 0. The van der Waals surface area contributed by atoms with E-state index in [-0.39, 0.29) is 18.0 Å². The molecule has 0 radical (unpaired) electrons. The highest BCUT2D eigenvalue weighted by atomic mass is 19.1. The molecule has 0 unspecified atom stereocenters. The minimum absolute atomic E-state index is 0.257. The minimum Gasteiger partial charge on any atom is -0.389 e. The number of ketones is 3. The van der Waals surface area contributed by atoms with Crippen LogP contribution >= 0.6 is 0 Å². The molecule has 2 rings (SSSR count). The van der Waals surface area contributed by atoms with Gasteiger partial charge in [0.2, 0.25) is 0 Å². The van der Waals surface area contributed by atoms with E-state index in [0.717, 1.165) is 0 Å². The molecule has 0 bridgehead atoms. The maximum Gasteiger partial charge on any atom is 0.146 e. The van der Waals surface area contributed by atoms with Crippen molar-refractivity contribution in [2.24, 2.45) is 11.8 Å². The van der Waals surface area contributed by atoms with Gasteiger partial charge in [0.1, 0.15) is 23.2 Å². The van der Waals surface area contributed by atoms with Gasteiger partial charge >= 0.3 is 0 Å². The number of Topliss-reactive ketones (excluding diaryl/α,β-unsaturated/α-hetero) is 3. The zero-order valence-corrected chi connectivity index (χ0v) is 12.8. The summed E-state index contributed by atoms with van der Waals surface area (Å²) < 4.78 is 13.6. The summed E-state index contributed by atoms with van der Waals surface area (Å²) in [6.45, 7) is 4.02. The van der Waals surface area contributed by atoms with Crippen molar-refractivity contribution in [2.45, 2.75) is 38.7 Å². The molecule has 22 heavy (non-hydrogen) atoms. The summed E-state index contributed by atoms with van der Waals surface area (Å²) in [5.41, 5.74) is -1.17. The standard InChI is InChI=1S/C17H19FO4/c1-9(19)14-13(21)8-17(3,22)16(10(2)20)15(14)11-5-4-6-12(18)7-11/h4-7,14-16,22H,8H2,1-3H3/t14-,15-,16+,17+/m1/s1. The van der Waals surface area contributed by atoms with E-state index in [0.29, 0.717) is 5.56 Å². The molecule has 0 aliphatic heterocycles. The van der Waals surface area contributed by atoms with Gasteiger partial charge < -0.3 is 5.11 Å². The summed E-state index contributed by atoms with van der Waals surface area (Å²) in [5.74, 6) is -4.43. The highest BCUT2D eigenvalue weighted by Crippen LogP contribution is 2.46. The average molecular weight is 306 g/mol. The number of hydrogen-bond acceptors (Lipinski definition) is 4. The van der Waals surface area contributed by atoms with Gasteiger partial charge in [0, 0.05) is 12.3 Å². The monoisotopic (exact) mass is 306 g/mol. The summed E-state index contributed by atoms with van der Waals surface area (Å²) in [4.78, 5) is 36.3. The van der Waals surface area contributed by atoms with Gasteiger partial charge in [-0.25, -0.2) is 4.39 Å². The maximum atomic E-state index is 13.6. The predicted molar refractivity (Wildman–Crippen MR) is 77.7 cm³/mol. The van der Waals surface area contributed by atoms with Crippen molar-refractivity contribution in [3.8, 4) is 0 Å². The van der Waals surface area contributed by atoms with Crippen LogP contribution in [0.15, 0.2) is 24.3 Å². The number of hydrogen-bond donors (Lipinski definition) is 1. The number of rotatable bonds is 3. The molecule has 0 saturated heterocycles. The smallest absolute Gasteiger partial charge is 0.146 e. The van der Waals surface area contributed by atoms with E-state index < -0.39 is 35.0 Å². The third kappa shape index (κ3) is 2.86. The highest BCUT2D eigenvalue weighted by Gasteiger charge is 2.53. The predicted octanol–water partition coefficient (Wildman–Crippen LogP) is 2.04. The van der Waals surface area contributed by atoms with Crippen molar-refractivity contribution in [1.82, 2.24) is 0 Å². The second-order valence-electron chi connectivity index (χ2n) is 6.26. The number of carbonyl (C=O) groups excluding carboxylic acids is 3. The second-order valence-corrected chi connectivity index (χ2v) is 6.26. The molecule has 0 amide bonds. The second kappa shape index (κ2) is 5.72. The van der Waals surface area contributed by atoms with Crippen molar-refractivity contribution in [1.29, 1.82) is 0 Å². The first kappa shape index (κ1) is 16.5. The fraction of sp³-hybridized carbons (Fsp3) is 0.471. The van der Waals surface area contributed by atoms with Crippen molar-refractivity contribution in [3.63, 3.8) is 0 Å². The van der Waals surface area contributed by atoms with E-state index in [4.69, 9.17) is 0 Å². The Labute approximate surface area is 128 Å². The largest absolute Gasteiger partial charge is 0.389 e. The molecular weight excluding hydrogens is 287 g/mol. The molecule has 118 valence electrons. The Morgan fingerprint density at radius 2 is 1.91 bits per heavy atom. The lowest BCUT2D eigenvalue weighted by molar-refractivity contribution is -0.151. The van der Waals surface area contributed by atoms with Crippen LogP contribution in [0.25, 0.3) is 0 Å². The quantitative estimate of drug-likeness (QED) is 0.868. The van der Waals surface area contributed by atoms with Gasteiger partial charge in [0.15, 0.2) is 0 Å². The van der Waals surface area contributed by atoms with Gasteiger partial charge in [-0.2, -0.15) is 0 Å². The van der Waals surface area contributed by atoms with Crippen molar-refractivity contribution < 1.29 is 23.9 Å². The number of halogens is 1. The highest BCUT2D eigenvalue weighted by molar-refractivity contribution is 6.05. The summed E-state index contributed by atoms with van der Waals surface area (Å²) in [7, 11) is 0. The van der Waals surface area contributed by atoms with E-state index in [2.05, 4.69) is 0 Å². The van der Waals surface area contributed by atoms with Gasteiger partial charge in [-0.05, 0) is 38.5 Å². The SMILES string of the molecule is CC(=O)[C@@H]1C(=O)C[C@](C)(O)[C@@H](C(C)=O)[C@@H]1c1cccc(F)c1. The lowest BCUT2D eigenvalue weighted by Gasteiger charge is -2.44. The van der Waals surface area contributed by atoms with Crippen LogP contribution in [-0.2, 0) is 14.4 Å². The lowest BCUT2D eigenvalue weighted by atomic mass is 9.60. The molecule has 0 spiro atoms. The van der Waals surface area contributed by atoms with Crippen LogP contribution in [0.5, 0.6) is 0 Å². The van der Waals surface area contributed by atoms with Gasteiger partial charge in [0.05, 0.1) is 17.4 Å². The van der Waals surface area contributed by atoms with Gasteiger partial charge in [-0.15, -0.1) is 0 Å². The van der Waals surface area contributed by atoms with Crippen LogP contribution in [0.3, 0.4) is 0 Å². The van der Waals surface area contributed by atoms with E-state index in [1.807, 2.05) is 0 Å². The van der Waals surface area contributed by atoms with Gasteiger partial charge in [-0.1, -0.05) is 12.1 Å². The third-order valence-corrected chi connectivity index (χ3v) is 4.38. The van der Waals surface area contributed by atoms with Crippen LogP contribution in [0.4, 0.5) is 4.39 Å². The Bertz CT molecular complexity index is 635. The normalized spacial score (nSPS) is 31.9. The molecule has 1 N–H and O–H groups in total. The summed E-state index contributed by atoms with van der Waals surface area (Å²) in [6, 6.07) is 5.50. The van der Waals surface area contributed by atoms with Crippen molar-refractivity contribution in [2.75, 3.05) is 0 Å². The molecule has 1 saturated carbocycles. The first-order valence-corrected chi connectivity index (χ1v) is 7.16. The van der Waals surface area contributed by atoms with E-state index in [9.17, 15) is 23.9 Å². The van der Waals surface area contributed by atoms with E-state index >= 15 is 0 Å². The third-order valence-electron chi connectivity index (χ3n) is 4.38. The van der Waals surface area contributed by atoms with Crippen LogP contribution in [0.1, 0.15) is 38.7 Å². The Morgan fingerprint density at radius 3 is 2.41 bits per heavy atom. The summed E-state index contributed by atoms with van der Waals surface area (Å²) in [6.07, 6.45) is -0.257. The minimum atomic E-state index is -1.55. The molecule has 1 aromatic rings. The molecule has 1 fully saturated rings. The van der Waals surface area contributed by atoms with E-state index in [1.54, 1.807) is 6.07 Å². The van der Waals surface area contributed by atoms with Crippen LogP contribution in [0, 0.1) is 17.7 Å². The van der Waals surface area contributed by atoms with Crippen LogP contribution in [-0.4, -0.2) is 28.1 Å². The molecule has 1 aliphatic rings. The van der Waals surface area contributed by atoms with Crippen LogP contribution in [0.2, 0.25) is 0 Å². The molecule has 4 atom stereocenters. The molecule has 1 aliphatic carbocycles. The maximum absolute atomic E-state index is 13.6. The van der Waals surface area contributed by atoms with Gasteiger partial charge in [0.25, 0.3) is 0 Å². The molecule has 0 heterocycles. The fourth-order valence-corrected chi connectivity index (χ4v) is 3.62. The first-order chi connectivity index (χ1) is 10.1. The van der Waals surface area contributed by atoms with Crippen molar-refractivity contribution in [3.05, 3.63) is 35.6 Å². The molecule has 5 heteroatoms. The molecule has 4 nitrogen and oxygen atoms in total. The molecular formula is C17H19FO4. The van der Waals surface area contributed by atoms with Crippen molar-refractivity contribution >= 4 is 17.3 Å². The van der Waals surface area contributed by atoms with Gasteiger partial charge in [-0.3, -0.25) is 14.4 Å².